The summed E-state index contributed by atoms with van der Waals surface area (Å²) in [5.41, 5.74) is 0.570. The Kier molecular flexibility index (Phi) is 6.39. The summed E-state index contributed by atoms with van der Waals surface area (Å²) in [5, 5.41) is 8.64. The number of benzene rings is 1. The Balaban J connectivity index is 2.62. The molecule has 8 heteroatoms. The van der Waals surface area contributed by atoms with Crippen LogP contribution in [0.25, 0.3) is 0 Å². The minimum atomic E-state index is -1.72. The summed E-state index contributed by atoms with van der Waals surface area (Å²) in [6.45, 7) is -0.451. The zero-order valence-corrected chi connectivity index (χ0v) is 12.4. The van der Waals surface area contributed by atoms with Crippen LogP contribution in [0.3, 0.4) is 0 Å². The summed E-state index contributed by atoms with van der Waals surface area (Å²) in [7, 11) is 0. The van der Waals surface area contributed by atoms with Crippen LogP contribution in [0.5, 0.6) is 5.75 Å². The van der Waals surface area contributed by atoms with Gasteiger partial charge < -0.3 is 14.6 Å². The monoisotopic (exact) mass is 340 g/mol. The van der Waals surface area contributed by atoms with Crippen molar-refractivity contribution in [2.45, 2.75) is 16.6 Å². The summed E-state index contributed by atoms with van der Waals surface area (Å²) in [5.74, 6) is -0.735. The zero-order chi connectivity index (χ0) is 15.2. The Morgan fingerprint density at radius 3 is 2.45 bits per heavy atom. The van der Waals surface area contributed by atoms with E-state index >= 15 is 0 Å². The van der Waals surface area contributed by atoms with Crippen molar-refractivity contribution in [3.63, 3.8) is 0 Å². The zero-order valence-electron chi connectivity index (χ0n) is 10.1. The lowest BCUT2D eigenvalue weighted by Crippen LogP contribution is -2.20. The van der Waals surface area contributed by atoms with Gasteiger partial charge in [0.05, 0.1) is 0 Å². The van der Waals surface area contributed by atoms with Crippen molar-refractivity contribution in [1.82, 2.24) is 0 Å². The van der Waals surface area contributed by atoms with Crippen molar-refractivity contribution < 1.29 is 24.2 Å². The van der Waals surface area contributed by atoms with E-state index in [1.165, 1.54) is 6.07 Å². The number of halogens is 3. The standard InChI is InChI=1S/C12H11Cl3O5/c13-12(14,15)7-19-11(18)20-9-4-2-1-3-8(9)5-6-10(16)17/h1-4H,5-7H2,(H,16,17). The smallest absolute Gasteiger partial charge is 0.481 e. The Morgan fingerprint density at radius 1 is 1.20 bits per heavy atom. The van der Waals surface area contributed by atoms with E-state index in [0.29, 0.717) is 5.56 Å². The Morgan fingerprint density at radius 2 is 1.85 bits per heavy atom. The van der Waals surface area contributed by atoms with E-state index in [1.54, 1.807) is 18.2 Å². The number of aliphatic carboxylic acids is 1. The highest BCUT2D eigenvalue weighted by Crippen LogP contribution is 2.26. The fourth-order valence-electron chi connectivity index (χ4n) is 1.31. The molecule has 20 heavy (non-hydrogen) atoms. The number of rotatable bonds is 5. The maximum absolute atomic E-state index is 11.4. The SMILES string of the molecule is O=C(O)CCc1ccccc1OC(=O)OCC(Cl)(Cl)Cl. The Labute approximate surface area is 130 Å². The van der Waals surface area contributed by atoms with Gasteiger partial charge in [-0.15, -0.1) is 0 Å². The molecule has 0 bridgehead atoms. The summed E-state index contributed by atoms with van der Waals surface area (Å²) >= 11 is 16.3. The lowest BCUT2D eigenvalue weighted by molar-refractivity contribution is -0.136. The fraction of sp³-hybridized carbons (Fsp3) is 0.333. The molecular formula is C12H11Cl3O5. The average molecular weight is 342 g/mol. The van der Waals surface area contributed by atoms with E-state index in [1.807, 2.05) is 0 Å². The predicted octanol–water partition coefficient (Wildman–Crippen LogP) is 3.59. The normalized spacial score (nSPS) is 10.9. The molecule has 0 saturated heterocycles. The fourth-order valence-corrected chi connectivity index (χ4v) is 1.48. The molecule has 110 valence electrons. The van der Waals surface area contributed by atoms with Gasteiger partial charge in [-0.1, -0.05) is 53.0 Å². The molecule has 0 heterocycles. The highest BCUT2D eigenvalue weighted by Gasteiger charge is 2.23. The van der Waals surface area contributed by atoms with E-state index in [4.69, 9.17) is 44.6 Å². The molecule has 0 amide bonds. The second kappa shape index (κ2) is 7.57. The first-order valence-electron chi connectivity index (χ1n) is 5.49. The van der Waals surface area contributed by atoms with Crippen molar-refractivity contribution in [3.05, 3.63) is 29.8 Å². The van der Waals surface area contributed by atoms with Crippen molar-refractivity contribution in [2.75, 3.05) is 6.61 Å². The van der Waals surface area contributed by atoms with Crippen LogP contribution in [0, 0.1) is 0 Å². The largest absolute Gasteiger partial charge is 0.514 e. The third-order valence-corrected chi connectivity index (χ3v) is 2.46. The van der Waals surface area contributed by atoms with Crippen LogP contribution in [0.2, 0.25) is 0 Å². The van der Waals surface area contributed by atoms with Gasteiger partial charge in [0.25, 0.3) is 0 Å². The molecule has 0 spiro atoms. The Hall–Kier alpha value is -1.17. The number of para-hydroxylation sites is 1. The first kappa shape index (κ1) is 16.9. The minimum Gasteiger partial charge on any atom is -0.481 e. The number of carbonyl (C=O) groups is 2. The first-order valence-corrected chi connectivity index (χ1v) is 6.62. The number of ether oxygens (including phenoxy) is 2. The van der Waals surface area contributed by atoms with E-state index < -0.39 is 22.5 Å². The number of carbonyl (C=O) groups excluding carboxylic acids is 1. The third kappa shape index (κ3) is 6.84. The number of carboxylic acids is 1. The topological polar surface area (TPSA) is 72.8 Å². The minimum absolute atomic E-state index is 0.0798. The summed E-state index contributed by atoms with van der Waals surface area (Å²) < 4.78 is 7.84. The van der Waals surface area contributed by atoms with Gasteiger partial charge in [0, 0.05) is 6.42 Å². The summed E-state index contributed by atoms with van der Waals surface area (Å²) in [4.78, 5) is 22.0. The average Bonchev–Trinajstić information content (AvgIpc) is 2.34. The molecule has 0 saturated carbocycles. The van der Waals surface area contributed by atoms with Crippen LogP contribution in [-0.2, 0) is 16.0 Å². The third-order valence-electron chi connectivity index (χ3n) is 2.13. The highest BCUT2D eigenvalue weighted by atomic mass is 35.6. The second-order valence-electron chi connectivity index (χ2n) is 3.76. The van der Waals surface area contributed by atoms with Gasteiger partial charge in [-0.2, -0.15) is 0 Å². The predicted molar refractivity (Wildman–Crippen MR) is 74.7 cm³/mol. The molecule has 0 fully saturated rings. The maximum Gasteiger partial charge on any atom is 0.514 e. The van der Waals surface area contributed by atoms with Crippen LogP contribution < -0.4 is 4.74 Å². The van der Waals surface area contributed by atoms with Crippen LogP contribution in [0.4, 0.5) is 4.79 Å². The molecule has 0 radical (unpaired) electrons. The lowest BCUT2D eigenvalue weighted by atomic mass is 10.1. The maximum atomic E-state index is 11.4. The van der Waals surface area contributed by atoms with Crippen molar-refractivity contribution in [3.8, 4) is 5.75 Å². The molecule has 5 nitrogen and oxygen atoms in total. The molecule has 0 aliphatic rings. The first-order chi connectivity index (χ1) is 9.28. The molecule has 0 unspecified atom stereocenters. The van der Waals surface area contributed by atoms with Gasteiger partial charge in [0.1, 0.15) is 12.4 Å². The molecule has 0 aliphatic carbocycles. The summed E-state index contributed by atoms with van der Waals surface area (Å²) in [6.07, 6.45) is -0.883. The lowest BCUT2D eigenvalue weighted by Gasteiger charge is -2.12. The van der Waals surface area contributed by atoms with Crippen molar-refractivity contribution >= 4 is 46.9 Å². The van der Waals surface area contributed by atoms with Gasteiger partial charge >= 0.3 is 12.1 Å². The van der Waals surface area contributed by atoms with Gasteiger partial charge in [0.2, 0.25) is 3.79 Å². The number of hydrogen-bond acceptors (Lipinski definition) is 4. The van der Waals surface area contributed by atoms with Crippen LogP contribution >= 0.6 is 34.8 Å². The molecule has 1 N–H and O–H groups in total. The second-order valence-corrected chi connectivity index (χ2v) is 6.27. The molecule has 0 aromatic heterocycles. The molecule has 0 aliphatic heterocycles. The van der Waals surface area contributed by atoms with Crippen LogP contribution in [-0.4, -0.2) is 27.6 Å². The van der Waals surface area contributed by atoms with Gasteiger partial charge in [0.15, 0.2) is 0 Å². The van der Waals surface area contributed by atoms with Crippen molar-refractivity contribution in [2.24, 2.45) is 0 Å². The number of alkyl halides is 3. The van der Waals surface area contributed by atoms with E-state index in [2.05, 4.69) is 4.74 Å². The van der Waals surface area contributed by atoms with Gasteiger partial charge in [-0.3, -0.25) is 4.79 Å². The molecule has 1 aromatic rings. The van der Waals surface area contributed by atoms with E-state index in [-0.39, 0.29) is 18.6 Å². The quantitative estimate of drug-likeness (QED) is 0.503. The van der Waals surface area contributed by atoms with E-state index in [0.717, 1.165) is 0 Å². The van der Waals surface area contributed by atoms with Gasteiger partial charge in [-0.25, -0.2) is 4.79 Å². The highest BCUT2D eigenvalue weighted by molar-refractivity contribution is 6.67. The Bertz CT molecular complexity index is 484. The van der Waals surface area contributed by atoms with Crippen molar-refractivity contribution in [1.29, 1.82) is 0 Å². The van der Waals surface area contributed by atoms with Crippen LogP contribution in [0.15, 0.2) is 24.3 Å². The molecule has 1 aromatic carbocycles. The number of aryl methyl sites for hydroxylation is 1. The number of hydrogen-bond donors (Lipinski definition) is 1. The van der Waals surface area contributed by atoms with Crippen LogP contribution in [0.1, 0.15) is 12.0 Å². The molecular weight excluding hydrogens is 330 g/mol. The summed E-state index contributed by atoms with van der Waals surface area (Å²) in [6, 6.07) is 6.52. The molecule has 0 atom stereocenters. The molecule has 1 rings (SSSR count). The number of carboxylic acid groups (broad SMARTS) is 1. The van der Waals surface area contributed by atoms with E-state index in [9.17, 15) is 9.59 Å². The van der Waals surface area contributed by atoms with Gasteiger partial charge in [-0.05, 0) is 18.1 Å².